The summed E-state index contributed by atoms with van der Waals surface area (Å²) in [6, 6.07) is 14.6. The molecule has 0 unspecified atom stereocenters. The monoisotopic (exact) mass is 445 g/mol. The van der Waals surface area contributed by atoms with Gasteiger partial charge in [-0.25, -0.2) is 9.97 Å². The van der Waals surface area contributed by atoms with Crippen molar-refractivity contribution in [3.8, 4) is 0 Å². The standard InChI is InChI=1S/C25H31N7O/c1-17-22(28-18(2)33)6-5-7-23(17)29-24-26-16-27-25(30-24)32-14-12-20(13-15-32)19-8-10-21(11-9-19)31(3)4/h5-11,16,20H,12-15H2,1-4H3,(H,28,33)(H,26,27,29,30). The number of hydrogen-bond donors (Lipinski definition) is 2. The zero-order valence-electron chi connectivity index (χ0n) is 19.7. The van der Waals surface area contributed by atoms with Gasteiger partial charge in [0.15, 0.2) is 0 Å². The molecule has 33 heavy (non-hydrogen) atoms. The number of nitrogens with zero attached hydrogens (tertiary/aromatic N) is 5. The van der Waals surface area contributed by atoms with Gasteiger partial charge in [0.1, 0.15) is 6.33 Å². The van der Waals surface area contributed by atoms with E-state index in [1.807, 2.05) is 25.1 Å². The quantitative estimate of drug-likeness (QED) is 0.584. The molecular formula is C25H31N7O. The minimum atomic E-state index is -0.102. The van der Waals surface area contributed by atoms with Gasteiger partial charge >= 0.3 is 0 Å². The Balaban J connectivity index is 1.41. The van der Waals surface area contributed by atoms with Crippen molar-refractivity contribution in [3.05, 3.63) is 59.9 Å². The summed E-state index contributed by atoms with van der Waals surface area (Å²) in [5, 5.41) is 6.12. The molecule has 8 nitrogen and oxygen atoms in total. The van der Waals surface area contributed by atoms with Crippen molar-refractivity contribution >= 4 is 34.9 Å². The van der Waals surface area contributed by atoms with Crippen molar-refractivity contribution in [2.24, 2.45) is 0 Å². The minimum Gasteiger partial charge on any atom is -0.378 e. The van der Waals surface area contributed by atoms with Crippen molar-refractivity contribution in [1.82, 2.24) is 15.0 Å². The highest BCUT2D eigenvalue weighted by molar-refractivity contribution is 5.90. The maximum absolute atomic E-state index is 11.4. The summed E-state index contributed by atoms with van der Waals surface area (Å²) in [7, 11) is 4.12. The molecule has 0 saturated carbocycles. The maximum atomic E-state index is 11.4. The van der Waals surface area contributed by atoms with E-state index < -0.39 is 0 Å². The number of benzene rings is 2. The van der Waals surface area contributed by atoms with E-state index in [9.17, 15) is 4.79 Å². The van der Waals surface area contributed by atoms with Crippen LogP contribution in [0, 0.1) is 6.92 Å². The Labute approximate surface area is 195 Å². The maximum Gasteiger partial charge on any atom is 0.232 e. The summed E-state index contributed by atoms with van der Waals surface area (Å²) in [6.07, 6.45) is 3.67. The van der Waals surface area contributed by atoms with Crippen molar-refractivity contribution in [2.45, 2.75) is 32.6 Å². The van der Waals surface area contributed by atoms with Gasteiger partial charge in [0.2, 0.25) is 17.8 Å². The predicted octanol–water partition coefficient (Wildman–Crippen LogP) is 4.33. The first-order valence-electron chi connectivity index (χ1n) is 11.3. The summed E-state index contributed by atoms with van der Waals surface area (Å²) in [5.41, 5.74) is 5.16. The Morgan fingerprint density at radius 1 is 1.03 bits per heavy atom. The van der Waals surface area contributed by atoms with E-state index in [0.717, 1.165) is 42.9 Å². The van der Waals surface area contributed by atoms with Crippen molar-refractivity contribution in [3.63, 3.8) is 0 Å². The Morgan fingerprint density at radius 3 is 2.39 bits per heavy atom. The summed E-state index contributed by atoms with van der Waals surface area (Å²) >= 11 is 0. The molecule has 0 bridgehead atoms. The number of piperidine rings is 1. The second-order valence-electron chi connectivity index (χ2n) is 8.64. The van der Waals surface area contributed by atoms with Gasteiger partial charge in [-0.15, -0.1) is 0 Å². The Kier molecular flexibility index (Phi) is 6.72. The number of nitrogens with one attached hydrogen (secondary N) is 2. The molecule has 1 aliphatic rings. The summed E-state index contributed by atoms with van der Waals surface area (Å²) < 4.78 is 0. The smallest absolute Gasteiger partial charge is 0.232 e. The average molecular weight is 446 g/mol. The van der Waals surface area contributed by atoms with Crippen LogP contribution >= 0.6 is 0 Å². The van der Waals surface area contributed by atoms with Crippen molar-refractivity contribution in [1.29, 1.82) is 0 Å². The van der Waals surface area contributed by atoms with Crippen LogP contribution in [-0.4, -0.2) is 48.0 Å². The molecule has 1 aliphatic heterocycles. The molecule has 1 fully saturated rings. The van der Waals surface area contributed by atoms with Gasteiger partial charge in [-0.05, 0) is 61.1 Å². The average Bonchev–Trinajstić information content (AvgIpc) is 2.82. The molecule has 0 atom stereocenters. The van der Waals surface area contributed by atoms with E-state index in [-0.39, 0.29) is 5.91 Å². The van der Waals surface area contributed by atoms with E-state index >= 15 is 0 Å². The third-order valence-corrected chi connectivity index (χ3v) is 6.11. The molecule has 2 heterocycles. The summed E-state index contributed by atoms with van der Waals surface area (Å²) in [5.74, 6) is 1.62. The van der Waals surface area contributed by atoms with Gasteiger partial charge in [0, 0.05) is 51.2 Å². The molecule has 172 valence electrons. The first-order valence-corrected chi connectivity index (χ1v) is 11.3. The van der Waals surface area contributed by atoms with Gasteiger partial charge in [-0.1, -0.05) is 18.2 Å². The van der Waals surface area contributed by atoms with E-state index in [2.05, 4.69) is 73.7 Å². The van der Waals surface area contributed by atoms with Crippen LogP contribution in [0.4, 0.5) is 29.0 Å². The minimum absolute atomic E-state index is 0.102. The second-order valence-corrected chi connectivity index (χ2v) is 8.64. The molecule has 2 aromatic carbocycles. The number of hydrogen-bond acceptors (Lipinski definition) is 7. The number of anilines is 5. The van der Waals surface area contributed by atoms with Crippen LogP contribution in [0.5, 0.6) is 0 Å². The van der Waals surface area contributed by atoms with Gasteiger partial charge in [0.05, 0.1) is 0 Å². The fraction of sp³-hybridized carbons (Fsp3) is 0.360. The van der Waals surface area contributed by atoms with Gasteiger partial charge in [-0.2, -0.15) is 4.98 Å². The number of amides is 1. The van der Waals surface area contributed by atoms with Crippen LogP contribution in [0.2, 0.25) is 0 Å². The topological polar surface area (TPSA) is 86.3 Å². The molecule has 0 aliphatic carbocycles. The van der Waals surface area contributed by atoms with Crippen LogP contribution in [0.15, 0.2) is 48.8 Å². The number of carbonyl (C=O) groups excluding carboxylic acids is 1. The van der Waals surface area contributed by atoms with Crippen LogP contribution < -0.4 is 20.4 Å². The lowest BCUT2D eigenvalue weighted by atomic mass is 9.89. The second kappa shape index (κ2) is 9.85. The molecule has 1 saturated heterocycles. The largest absolute Gasteiger partial charge is 0.378 e. The molecule has 0 radical (unpaired) electrons. The van der Waals surface area contributed by atoms with Crippen molar-refractivity contribution < 1.29 is 4.79 Å². The highest BCUT2D eigenvalue weighted by Gasteiger charge is 2.22. The number of carbonyl (C=O) groups is 1. The summed E-state index contributed by atoms with van der Waals surface area (Å²) in [6.45, 7) is 5.26. The predicted molar refractivity (Wildman–Crippen MR) is 134 cm³/mol. The third-order valence-electron chi connectivity index (χ3n) is 6.11. The molecule has 2 N–H and O–H groups in total. The number of rotatable bonds is 6. The molecule has 4 rings (SSSR count). The zero-order valence-corrected chi connectivity index (χ0v) is 19.7. The molecule has 8 heteroatoms. The lowest BCUT2D eigenvalue weighted by molar-refractivity contribution is -0.114. The van der Waals surface area contributed by atoms with E-state index in [0.29, 0.717) is 17.8 Å². The van der Waals surface area contributed by atoms with Gasteiger partial charge in [-0.3, -0.25) is 4.79 Å². The van der Waals surface area contributed by atoms with Gasteiger partial charge in [0.25, 0.3) is 0 Å². The fourth-order valence-corrected chi connectivity index (χ4v) is 4.17. The Hall–Kier alpha value is -3.68. The van der Waals surface area contributed by atoms with Crippen LogP contribution in [0.3, 0.4) is 0 Å². The van der Waals surface area contributed by atoms with Crippen LogP contribution in [0.25, 0.3) is 0 Å². The summed E-state index contributed by atoms with van der Waals surface area (Å²) in [4.78, 5) is 29.1. The molecule has 1 aromatic heterocycles. The number of aromatic nitrogens is 3. The van der Waals surface area contributed by atoms with E-state index in [4.69, 9.17) is 0 Å². The Morgan fingerprint density at radius 2 is 1.73 bits per heavy atom. The van der Waals surface area contributed by atoms with Crippen LogP contribution in [-0.2, 0) is 4.79 Å². The SMILES string of the molecule is CC(=O)Nc1cccc(Nc2ncnc(N3CCC(c4ccc(N(C)C)cc4)CC3)n2)c1C. The zero-order chi connectivity index (χ0) is 23.4. The highest BCUT2D eigenvalue weighted by atomic mass is 16.1. The molecular weight excluding hydrogens is 414 g/mol. The molecule has 1 amide bonds. The lowest BCUT2D eigenvalue weighted by Crippen LogP contribution is -2.34. The van der Waals surface area contributed by atoms with E-state index in [1.165, 1.54) is 18.2 Å². The van der Waals surface area contributed by atoms with E-state index in [1.54, 1.807) is 6.33 Å². The highest BCUT2D eigenvalue weighted by Crippen LogP contribution is 2.31. The third kappa shape index (κ3) is 5.39. The van der Waals surface area contributed by atoms with Crippen LogP contribution in [0.1, 0.15) is 36.8 Å². The van der Waals surface area contributed by atoms with Gasteiger partial charge < -0.3 is 20.4 Å². The molecule has 0 spiro atoms. The van der Waals surface area contributed by atoms with Crippen molar-refractivity contribution in [2.75, 3.05) is 47.6 Å². The normalized spacial score (nSPS) is 14.1. The molecule has 3 aromatic rings. The fourth-order valence-electron chi connectivity index (χ4n) is 4.17. The Bertz CT molecular complexity index is 1110. The lowest BCUT2D eigenvalue weighted by Gasteiger charge is -2.32. The first kappa shape index (κ1) is 22.5. The first-order chi connectivity index (χ1) is 15.9.